The molecule has 0 saturated carbocycles. The topological polar surface area (TPSA) is 63.5 Å². The van der Waals surface area contributed by atoms with Gasteiger partial charge >= 0.3 is 0 Å². The summed E-state index contributed by atoms with van der Waals surface area (Å²) in [5, 5.41) is 4.13. The largest absolute Gasteiger partial charge is 0.493 e. The van der Waals surface area contributed by atoms with Gasteiger partial charge in [-0.3, -0.25) is 14.4 Å². The minimum absolute atomic E-state index is 0.0281. The molecule has 1 unspecified atom stereocenters. The molecule has 0 bridgehead atoms. The van der Waals surface area contributed by atoms with Gasteiger partial charge in [0.2, 0.25) is 5.91 Å². The Kier molecular flexibility index (Phi) is 5.15. The van der Waals surface area contributed by atoms with Gasteiger partial charge in [0, 0.05) is 38.6 Å². The summed E-state index contributed by atoms with van der Waals surface area (Å²) in [7, 11) is 0. The minimum atomic E-state index is 0.0281. The molecule has 4 rings (SSSR count). The maximum atomic E-state index is 13.0. The zero-order valence-corrected chi connectivity index (χ0v) is 15.0. The highest BCUT2D eigenvalue weighted by atomic mass is 16.5. The molecule has 3 heterocycles. The van der Waals surface area contributed by atoms with Gasteiger partial charge in [-0.15, -0.1) is 0 Å². The maximum absolute atomic E-state index is 13.0. The van der Waals surface area contributed by atoms with Crippen molar-refractivity contribution in [1.29, 1.82) is 0 Å². The molecule has 7 nitrogen and oxygen atoms in total. The first-order chi connectivity index (χ1) is 12.8. The third kappa shape index (κ3) is 3.88. The molecular formula is C19H25N5O2. The predicted molar refractivity (Wildman–Crippen MR) is 96.8 cm³/mol. The molecule has 1 fully saturated rings. The summed E-state index contributed by atoms with van der Waals surface area (Å²) in [6.07, 6.45) is 4.87. The Morgan fingerprint density at radius 3 is 2.81 bits per heavy atom. The molecule has 1 saturated heterocycles. The molecule has 138 valence electrons. The number of hydrogen-bond acceptors (Lipinski definition) is 5. The van der Waals surface area contributed by atoms with Crippen LogP contribution in [-0.2, 0) is 17.8 Å². The number of carbonyl (C=O) groups excluding carboxylic acids is 1. The van der Waals surface area contributed by atoms with E-state index in [1.54, 1.807) is 12.7 Å². The summed E-state index contributed by atoms with van der Waals surface area (Å²) in [5.41, 5.74) is 1.15. The van der Waals surface area contributed by atoms with Crippen molar-refractivity contribution in [3.8, 4) is 5.75 Å². The molecule has 2 aliphatic rings. The molecule has 0 spiro atoms. The van der Waals surface area contributed by atoms with E-state index >= 15 is 0 Å². The highest BCUT2D eigenvalue weighted by molar-refractivity contribution is 5.79. The SMILES string of the molecule is O=C(C1CCOc2ccccc2C1)N1CCN(CCn2cncn2)CC1. The normalized spacial score (nSPS) is 20.9. The van der Waals surface area contributed by atoms with E-state index < -0.39 is 0 Å². The second-order valence-corrected chi connectivity index (χ2v) is 6.97. The van der Waals surface area contributed by atoms with Crippen molar-refractivity contribution < 1.29 is 9.53 Å². The molecule has 0 aliphatic carbocycles. The van der Waals surface area contributed by atoms with Gasteiger partial charge in [0.1, 0.15) is 18.4 Å². The number of amides is 1. The van der Waals surface area contributed by atoms with Gasteiger partial charge in [0.25, 0.3) is 0 Å². The Morgan fingerprint density at radius 2 is 2.00 bits per heavy atom. The van der Waals surface area contributed by atoms with E-state index in [2.05, 4.69) is 21.0 Å². The summed E-state index contributed by atoms with van der Waals surface area (Å²) in [6, 6.07) is 8.07. The maximum Gasteiger partial charge on any atom is 0.226 e. The van der Waals surface area contributed by atoms with E-state index in [0.29, 0.717) is 6.61 Å². The lowest BCUT2D eigenvalue weighted by atomic mass is 9.95. The number of fused-ring (bicyclic) bond motifs is 1. The first-order valence-corrected chi connectivity index (χ1v) is 9.34. The van der Waals surface area contributed by atoms with E-state index in [1.165, 1.54) is 0 Å². The van der Waals surface area contributed by atoms with Crippen LogP contribution in [0.1, 0.15) is 12.0 Å². The van der Waals surface area contributed by atoms with Crippen molar-refractivity contribution in [2.24, 2.45) is 5.92 Å². The van der Waals surface area contributed by atoms with Gasteiger partial charge in [0.15, 0.2) is 0 Å². The monoisotopic (exact) mass is 355 g/mol. The summed E-state index contributed by atoms with van der Waals surface area (Å²) in [6.45, 7) is 5.83. The zero-order valence-electron chi connectivity index (χ0n) is 15.0. The fourth-order valence-electron chi connectivity index (χ4n) is 3.74. The van der Waals surface area contributed by atoms with Gasteiger partial charge in [0.05, 0.1) is 13.2 Å². The van der Waals surface area contributed by atoms with E-state index in [1.807, 2.05) is 27.8 Å². The molecule has 1 atom stereocenters. The standard InChI is InChI=1S/C19H25N5O2/c25-19(17-5-12-26-18-4-2-1-3-16(18)13-17)23-9-6-22(7-10-23)8-11-24-15-20-14-21-24/h1-4,14-15,17H,5-13H2. The van der Waals surface area contributed by atoms with Crippen LogP contribution in [0.4, 0.5) is 0 Å². The van der Waals surface area contributed by atoms with Crippen molar-refractivity contribution in [2.45, 2.75) is 19.4 Å². The van der Waals surface area contributed by atoms with Crippen LogP contribution in [0.5, 0.6) is 5.75 Å². The fourth-order valence-corrected chi connectivity index (χ4v) is 3.74. The smallest absolute Gasteiger partial charge is 0.226 e. The van der Waals surface area contributed by atoms with E-state index in [0.717, 1.165) is 63.4 Å². The second kappa shape index (κ2) is 7.86. The Bertz CT molecular complexity index is 725. The highest BCUT2D eigenvalue weighted by Gasteiger charge is 2.29. The van der Waals surface area contributed by atoms with Crippen molar-refractivity contribution in [3.63, 3.8) is 0 Å². The van der Waals surface area contributed by atoms with Crippen molar-refractivity contribution >= 4 is 5.91 Å². The van der Waals surface area contributed by atoms with Crippen LogP contribution >= 0.6 is 0 Å². The van der Waals surface area contributed by atoms with E-state index in [9.17, 15) is 4.79 Å². The molecule has 1 amide bonds. The predicted octanol–water partition coefficient (Wildman–Crippen LogP) is 1.06. The molecule has 2 aliphatic heterocycles. The number of piperazine rings is 1. The average molecular weight is 355 g/mol. The van der Waals surface area contributed by atoms with Crippen molar-refractivity contribution in [1.82, 2.24) is 24.6 Å². The number of nitrogens with zero attached hydrogens (tertiary/aromatic N) is 5. The summed E-state index contributed by atoms with van der Waals surface area (Å²) < 4.78 is 7.66. The van der Waals surface area contributed by atoms with Crippen LogP contribution in [0.2, 0.25) is 0 Å². The first kappa shape index (κ1) is 17.0. The van der Waals surface area contributed by atoms with E-state index in [4.69, 9.17) is 4.74 Å². The molecule has 1 aromatic heterocycles. The molecule has 2 aromatic rings. The second-order valence-electron chi connectivity index (χ2n) is 6.97. The zero-order chi connectivity index (χ0) is 17.8. The number of hydrogen-bond donors (Lipinski definition) is 0. The van der Waals surface area contributed by atoms with Crippen molar-refractivity contribution in [3.05, 3.63) is 42.5 Å². The summed E-state index contributed by atoms with van der Waals surface area (Å²) in [4.78, 5) is 21.4. The molecule has 1 aromatic carbocycles. The molecular weight excluding hydrogens is 330 g/mol. The van der Waals surface area contributed by atoms with Gasteiger partial charge in [-0.25, -0.2) is 4.98 Å². The number of ether oxygens (including phenoxy) is 1. The lowest BCUT2D eigenvalue weighted by molar-refractivity contribution is -0.137. The van der Waals surface area contributed by atoms with Crippen LogP contribution in [-0.4, -0.2) is 69.8 Å². The van der Waals surface area contributed by atoms with Gasteiger partial charge < -0.3 is 9.64 Å². The number of para-hydroxylation sites is 1. The third-order valence-electron chi connectivity index (χ3n) is 5.31. The Labute approximate surface area is 153 Å². The quantitative estimate of drug-likeness (QED) is 0.821. The number of rotatable bonds is 4. The minimum Gasteiger partial charge on any atom is -0.493 e. The van der Waals surface area contributed by atoms with Gasteiger partial charge in [-0.1, -0.05) is 18.2 Å². The number of benzene rings is 1. The Balaban J connectivity index is 1.29. The van der Waals surface area contributed by atoms with Gasteiger partial charge in [-0.2, -0.15) is 5.10 Å². The molecule has 26 heavy (non-hydrogen) atoms. The Morgan fingerprint density at radius 1 is 1.15 bits per heavy atom. The lowest BCUT2D eigenvalue weighted by Crippen LogP contribution is -2.51. The van der Waals surface area contributed by atoms with Crippen LogP contribution in [0.15, 0.2) is 36.9 Å². The van der Waals surface area contributed by atoms with Crippen LogP contribution < -0.4 is 4.74 Å². The number of aromatic nitrogens is 3. The number of carbonyl (C=O) groups is 1. The average Bonchev–Trinajstić information content (AvgIpc) is 3.11. The third-order valence-corrected chi connectivity index (χ3v) is 5.31. The highest BCUT2D eigenvalue weighted by Crippen LogP contribution is 2.27. The van der Waals surface area contributed by atoms with Crippen LogP contribution in [0, 0.1) is 5.92 Å². The molecule has 0 N–H and O–H groups in total. The van der Waals surface area contributed by atoms with Crippen molar-refractivity contribution in [2.75, 3.05) is 39.3 Å². The molecule has 7 heteroatoms. The molecule has 0 radical (unpaired) electrons. The van der Waals surface area contributed by atoms with Gasteiger partial charge in [-0.05, 0) is 24.5 Å². The lowest BCUT2D eigenvalue weighted by Gasteiger charge is -2.36. The fraction of sp³-hybridized carbons (Fsp3) is 0.526. The summed E-state index contributed by atoms with van der Waals surface area (Å²) >= 11 is 0. The van der Waals surface area contributed by atoms with Crippen LogP contribution in [0.3, 0.4) is 0 Å². The van der Waals surface area contributed by atoms with Crippen LogP contribution in [0.25, 0.3) is 0 Å². The summed E-state index contributed by atoms with van der Waals surface area (Å²) in [5.74, 6) is 1.24. The first-order valence-electron chi connectivity index (χ1n) is 9.34. The Hall–Kier alpha value is -2.41. The van der Waals surface area contributed by atoms with E-state index in [-0.39, 0.29) is 11.8 Å².